The van der Waals surface area contributed by atoms with Gasteiger partial charge < -0.3 is 15.0 Å². The van der Waals surface area contributed by atoms with Crippen LogP contribution < -0.4 is 5.32 Å². The number of ether oxygens (including phenoxy) is 1. The normalized spacial score (nSPS) is 20.4. The fourth-order valence-electron chi connectivity index (χ4n) is 1.81. The van der Waals surface area contributed by atoms with E-state index >= 15 is 0 Å². The van der Waals surface area contributed by atoms with Gasteiger partial charge in [0.1, 0.15) is 6.10 Å². The highest BCUT2D eigenvalue weighted by molar-refractivity contribution is 5.42. The van der Waals surface area contributed by atoms with Crippen molar-refractivity contribution in [1.29, 1.82) is 0 Å². The first-order valence-electron chi connectivity index (χ1n) is 5.58. The van der Waals surface area contributed by atoms with Crippen LogP contribution in [0.2, 0.25) is 0 Å². The zero-order valence-corrected chi connectivity index (χ0v) is 9.26. The quantitative estimate of drug-likeness (QED) is 0.788. The summed E-state index contributed by atoms with van der Waals surface area (Å²) >= 11 is 0. The van der Waals surface area contributed by atoms with E-state index in [0.29, 0.717) is 18.3 Å². The summed E-state index contributed by atoms with van der Waals surface area (Å²) in [6.45, 7) is 2.39. The summed E-state index contributed by atoms with van der Waals surface area (Å²) in [7, 11) is 0. The van der Waals surface area contributed by atoms with Crippen LogP contribution in [0.3, 0.4) is 0 Å². The monoisotopic (exact) mass is 231 g/mol. The molecule has 0 aliphatic carbocycles. The minimum atomic E-state index is 0.000428. The van der Waals surface area contributed by atoms with Gasteiger partial charge in [0.15, 0.2) is 11.6 Å². The molecule has 0 saturated carbocycles. The highest BCUT2D eigenvalue weighted by Crippen LogP contribution is 2.18. The number of hydrogen-bond donors (Lipinski definition) is 2. The first-order valence-corrected chi connectivity index (χ1v) is 5.58. The molecule has 3 rings (SSSR count). The van der Waals surface area contributed by atoms with E-state index in [4.69, 9.17) is 4.74 Å². The third kappa shape index (κ3) is 2.17. The SMILES string of the molecule is c1cc(C2CNCCO2)nc(-c2ncc[nH]2)n1. The van der Waals surface area contributed by atoms with Crippen molar-refractivity contribution < 1.29 is 4.74 Å². The number of imidazole rings is 1. The van der Waals surface area contributed by atoms with Crippen LogP contribution in [-0.4, -0.2) is 39.6 Å². The van der Waals surface area contributed by atoms with Gasteiger partial charge >= 0.3 is 0 Å². The number of rotatable bonds is 2. The maximum absolute atomic E-state index is 5.65. The molecule has 6 nitrogen and oxygen atoms in total. The maximum Gasteiger partial charge on any atom is 0.195 e. The van der Waals surface area contributed by atoms with E-state index < -0.39 is 0 Å². The van der Waals surface area contributed by atoms with Gasteiger partial charge in [-0.05, 0) is 6.07 Å². The number of H-pyrrole nitrogens is 1. The lowest BCUT2D eigenvalue weighted by Gasteiger charge is -2.23. The minimum Gasteiger partial charge on any atom is -0.369 e. The van der Waals surface area contributed by atoms with Crippen LogP contribution in [0.25, 0.3) is 11.6 Å². The largest absolute Gasteiger partial charge is 0.369 e. The summed E-state index contributed by atoms with van der Waals surface area (Å²) in [5.41, 5.74) is 0.888. The smallest absolute Gasteiger partial charge is 0.195 e. The Bertz CT molecular complexity index is 478. The molecule has 2 aromatic rings. The summed E-state index contributed by atoms with van der Waals surface area (Å²) in [6, 6.07) is 1.88. The lowest BCUT2D eigenvalue weighted by atomic mass is 10.2. The maximum atomic E-state index is 5.65. The molecule has 1 atom stereocenters. The summed E-state index contributed by atoms with van der Waals surface area (Å²) in [6.07, 6.45) is 5.17. The highest BCUT2D eigenvalue weighted by atomic mass is 16.5. The molecular formula is C11H13N5O. The first-order chi connectivity index (χ1) is 8.43. The third-order valence-corrected chi connectivity index (χ3v) is 2.64. The standard InChI is InChI=1S/C11H13N5O/c1-2-13-11(10-14-3-4-15-10)16-8(1)9-7-12-5-6-17-9/h1-4,9,12H,5-7H2,(H,14,15). The van der Waals surface area contributed by atoms with E-state index in [-0.39, 0.29) is 6.10 Å². The molecule has 0 radical (unpaired) electrons. The predicted molar refractivity (Wildman–Crippen MR) is 61.2 cm³/mol. The molecule has 1 unspecified atom stereocenters. The van der Waals surface area contributed by atoms with Gasteiger partial charge in [-0.25, -0.2) is 15.0 Å². The predicted octanol–water partition coefficient (Wildman–Crippen LogP) is 0.528. The summed E-state index contributed by atoms with van der Waals surface area (Å²) in [5, 5.41) is 3.28. The van der Waals surface area contributed by atoms with Gasteiger partial charge in [-0.15, -0.1) is 0 Å². The zero-order chi connectivity index (χ0) is 11.5. The van der Waals surface area contributed by atoms with E-state index in [2.05, 4.69) is 25.3 Å². The van der Waals surface area contributed by atoms with Crippen molar-refractivity contribution >= 4 is 0 Å². The van der Waals surface area contributed by atoms with Crippen LogP contribution in [-0.2, 0) is 4.74 Å². The van der Waals surface area contributed by atoms with Crippen LogP contribution >= 0.6 is 0 Å². The molecular weight excluding hydrogens is 218 g/mol. The summed E-state index contributed by atoms with van der Waals surface area (Å²) < 4.78 is 5.65. The second kappa shape index (κ2) is 4.60. The van der Waals surface area contributed by atoms with Crippen molar-refractivity contribution in [3.05, 3.63) is 30.4 Å². The van der Waals surface area contributed by atoms with Crippen LogP contribution in [0.15, 0.2) is 24.7 Å². The number of aromatic nitrogens is 4. The Morgan fingerprint density at radius 3 is 3.06 bits per heavy atom. The number of nitrogens with one attached hydrogen (secondary N) is 2. The van der Waals surface area contributed by atoms with Crippen LogP contribution in [0.5, 0.6) is 0 Å². The van der Waals surface area contributed by atoms with Crippen LogP contribution in [0.1, 0.15) is 11.8 Å². The Balaban J connectivity index is 1.88. The molecule has 88 valence electrons. The molecule has 0 aromatic carbocycles. The van der Waals surface area contributed by atoms with Gasteiger partial charge in [-0.2, -0.15) is 0 Å². The van der Waals surface area contributed by atoms with Gasteiger partial charge in [0.05, 0.1) is 12.3 Å². The van der Waals surface area contributed by atoms with Gasteiger partial charge in [-0.3, -0.25) is 0 Å². The van der Waals surface area contributed by atoms with Gasteiger partial charge in [0, 0.05) is 31.7 Å². The Hall–Kier alpha value is -1.79. The van der Waals surface area contributed by atoms with E-state index in [9.17, 15) is 0 Å². The van der Waals surface area contributed by atoms with Gasteiger partial charge in [-0.1, -0.05) is 0 Å². The fourth-order valence-corrected chi connectivity index (χ4v) is 1.81. The van der Waals surface area contributed by atoms with E-state index in [0.717, 1.165) is 18.8 Å². The first kappa shape index (κ1) is 10.4. The topological polar surface area (TPSA) is 75.7 Å². The second-order valence-corrected chi connectivity index (χ2v) is 3.81. The molecule has 3 heterocycles. The average Bonchev–Trinajstić information content (AvgIpc) is 2.94. The van der Waals surface area contributed by atoms with Gasteiger partial charge in [0.25, 0.3) is 0 Å². The molecule has 1 saturated heterocycles. The van der Waals surface area contributed by atoms with Crippen molar-refractivity contribution in [2.75, 3.05) is 19.7 Å². The Labute approximate surface area is 98.5 Å². The summed E-state index contributed by atoms with van der Waals surface area (Å²) in [4.78, 5) is 15.8. The third-order valence-electron chi connectivity index (χ3n) is 2.64. The molecule has 2 N–H and O–H groups in total. The average molecular weight is 231 g/mol. The number of morpholine rings is 1. The van der Waals surface area contributed by atoms with Crippen molar-refractivity contribution in [2.45, 2.75) is 6.10 Å². The van der Waals surface area contributed by atoms with E-state index in [1.807, 2.05) is 6.07 Å². The Morgan fingerprint density at radius 1 is 1.29 bits per heavy atom. The van der Waals surface area contributed by atoms with Crippen LogP contribution in [0.4, 0.5) is 0 Å². The lowest BCUT2D eigenvalue weighted by molar-refractivity contribution is 0.0250. The number of aromatic amines is 1. The number of hydrogen-bond acceptors (Lipinski definition) is 5. The van der Waals surface area contributed by atoms with E-state index in [1.165, 1.54) is 0 Å². The molecule has 0 spiro atoms. The molecule has 0 bridgehead atoms. The Morgan fingerprint density at radius 2 is 2.29 bits per heavy atom. The van der Waals surface area contributed by atoms with Gasteiger partial charge in [0.2, 0.25) is 0 Å². The zero-order valence-electron chi connectivity index (χ0n) is 9.26. The highest BCUT2D eigenvalue weighted by Gasteiger charge is 2.18. The molecule has 6 heteroatoms. The molecule has 1 aliphatic rings. The van der Waals surface area contributed by atoms with E-state index in [1.54, 1.807) is 18.6 Å². The second-order valence-electron chi connectivity index (χ2n) is 3.81. The minimum absolute atomic E-state index is 0.000428. The fraction of sp³-hybridized carbons (Fsp3) is 0.364. The van der Waals surface area contributed by atoms with Crippen LogP contribution in [0, 0.1) is 0 Å². The van der Waals surface area contributed by atoms with Crippen molar-refractivity contribution in [1.82, 2.24) is 25.3 Å². The molecule has 2 aromatic heterocycles. The molecule has 17 heavy (non-hydrogen) atoms. The van der Waals surface area contributed by atoms with Crippen molar-refractivity contribution in [3.63, 3.8) is 0 Å². The summed E-state index contributed by atoms with van der Waals surface area (Å²) in [5.74, 6) is 1.28. The van der Waals surface area contributed by atoms with Crippen molar-refractivity contribution in [3.8, 4) is 11.6 Å². The Kier molecular flexibility index (Phi) is 2.81. The molecule has 0 amide bonds. The number of nitrogens with zero attached hydrogens (tertiary/aromatic N) is 3. The molecule has 1 fully saturated rings. The van der Waals surface area contributed by atoms with Crippen molar-refractivity contribution in [2.24, 2.45) is 0 Å². The lowest BCUT2D eigenvalue weighted by Crippen LogP contribution is -2.33. The molecule has 1 aliphatic heterocycles.